The lowest BCUT2D eigenvalue weighted by Gasteiger charge is -2.06. The number of carbonyl (C=O) groups excluding carboxylic acids is 1. The summed E-state index contributed by atoms with van der Waals surface area (Å²) in [6.07, 6.45) is 0. The van der Waals surface area contributed by atoms with Crippen LogP contribution < -0.4 is 10.1 Å². The van der Waals surface area contributed by atoms with E-state index in [0.29, 0.717) is 11.3 Å². The van der Waals surface area contributed by atoms with Crippen LogP contribution in [0.1, 0.15) is 10.4 Å². The van der Waals surface area contributed by atoms with Gasteiger partial charge < -0.3 is 10.1 Å². The zero-order chi connectivity index (χ0) is 13.0. The van der Waals surface area contributed by atoms with Crippen molar-refractivity contribution in [2.24, 2.45) is 0 Å². The number of anilines is 1. The van der Waals surface area contributed by atoms with Crippen LogP contribution in [0.25, 0.3) is 0 Å². The molecular weight excluding hydrogens is 260 g/mol. The normalized spacial score (nSPS) is 10.4. The van der Waals surface area contributed by atoms with Gasteiger partial charge in [0.25, 0.3) is 5.91 Å². The molecule has 0 bridgehead atoms. The van der Waals surface area contributed by atoms with Crippen LogP contribution >= 0.6 is 11.3 Å². The van der Waals surface area contributed by atoms with E-state index in [9.17, 15) is 13.6 Å². The maximum Gasteiger partial charge on any atom is 0.387 e. The van der Waals surface area contributed by atoms with E-state index in [1.165, 1.54) is 35.6 Å². The summed E-state index contributed by atoms with van der Waals surface area (Å²) in [6, 6.07) is 7.29. The van der Waals surface area contributed by atoms with E-state index in [4.69, 9.17) is 0 Å². The molecule has 0 aliphatic heterocycles. The van der Waals surface area contributed by atoms with Gasteiger partial charge in [0.15, 0.2) is 0 Å². The van der Waals surface area contributed by atoms with Crippen LogP contribution in [0.5, 0.6) is 5.75 Å². The number of thiophene rings is 1. The number of hydrogen-bond donors (Lipinski definition) is 1. The Morgan fingerprint density at radius 2 is 1.94 bits per heavy atom. The second-order valence-electron chi connectivity index (χ2n) is 3.37. The molecule has 1 aromatic carbocycles. The number of benzene rings is 1. The van der Waals surface area contributed by atoms with Crippen molar-refractivity contribution in [1.82, 2.24) is 0 Å². The highest BCUT2D eigenvalue weighted by Crippen LogP contribution is 2.17. The van der Waals surface area contributed by atoms with E-state index in [1.54, 1.807) is 11.4 Å². The van der Waals surface area contributed by atoms with Crippen molar-refractivity contribution >= 4 is 22.9 Å². The van der Waals surface area contributed by atoms with E-state index in [1.807, 2.05) is 5.38 Å². The van der Waals surface area contributed by atoms with Crippen LogP contribution in [0.2, 0.25) is 0 Å². The predicted molar refractivity (Wildman–Crippen MR) is 65.3 cm³/mol. The number of nitrogens with one attached hydrogen (secondary N) is 1. The fourth-order valence-corrected chi connectivity index (χ4v) is 1.91. The molecule has 1 N–H and O–H groups in total. The third-order valence-electron chi connectivity index (χ3n) is 2.12. The minimum absolute atomic E-state index is 0.0251. The molecule has 3 nitrogen and oxygen atoms in total. The quantitative estimate of drug-likeness (QED) is 0.921. The first-order chi connectivity index (χ1) is 8.65. The number of alkyl halides is 2. The fourth-order valence-electron chi connectivity index (χ4n) is 1.33. The molecule has 0 fully saturated rings. The van der Waals surface area contributed by atoms with Crippen molar-refractivity contribution in [3.05, 3.63) is 46.7 Å². The molecule has 0 unspecified atom stereocenters. The zero-order valence-corrected chi connectivity index (χ0v) is 9.92. The SMILES string of the molecule is O=C(Nc1ccsc1)c1ccc(OC(F)F)cc1. The first-order valence-corrected chi connectivity index (χ1v) is 5.98. The number of halogens is 2. The molecule has 0 saturated carbocycles. The van der Waals surface area contributed by atoms with Crippen LogP contribution in [0.4, 0.5) is 14.5 Å². The maximum atomic E-state index is 11.9. The van der Waals surface area contributed by atoms with E-state index in [-0.39, 0.29) is 11.7 Å². The molecule has 1 heterocycles. The molecule has 0 saturated heterocycles. The van der Waals surface area contributed by atoms with Gasteiger partial charge in [-0.1, -0.05) is 0 Å². The topological polar surface area (TPSA) is 38.3 Å². The Morgan fingerprint density at radius 1 is 1.22 bits per heavy atom. The Labute approximate surface area is 106 Å². The van der Waals surface area contributed by atoms with Gasteiger partial charge in [0.2, 0.25) is 0 Å². The number of carbonyl (C=O) groups is 1. The van der Waals surface area contributed by atoms with Crippen LogP contribution in [-0.2, 0) is 0 Å². The highest BCUT2D eigenvalue weighted by Gasteiger charge is 2.08. The van der Waals surface area contributed by atoms with Gasteiger partial charge in [0, 0.05) is 10.9 Å². The van der Waals surface area contributed by atoms with E-state index in [0.717, 1.165) is 0 Å². The monoisotopic (exact) mass is 269 g/mol. The Morgan fingerprint density at radius 3 is 2.50 bits per heavy atom. The van der Waals surface area contributed by atoms with Gasteiger partial charge in [-0.25, -0.2) is 0 Å². The van der Waals surface area contributed by atoms with Crippen LogP contribution in [0.3, 0.4) is 0 Å². The van der Waals surface area contributed by atoms with Crippen LogP contribution in [-0.4, -0.2) is 12.5 Å². The number of amides is 1. The third kappa shape index (κ3) is 3.27. The highest BCUT2D eigenvalue weighted by molar-refractivity contribution is 7.08. The molecule has 0 aliphatic rings. The summed E-state index contributed by atoms with van der Waals surface area (Å²) in [5, 5.41) is 6.32. The van der Waals surface area contributed by atoms with Crippen LogP contribution in [0, 0.1) is 0 Å². The maximum absolute atomic E-state index is 11.9. The molecule has 6 heteroatoms. The molecule has 94 valence electrons. The Kier molecular flexibility index (Phi) is 3.88. The molecule has 1 amide bonds. The fraction of sp³-hybridized carbons (Fsp3) is 0.0833. The van der Waals surface area contributed by atoms with Crippen molar-refractivity contribution in [2.75, 3.05) is 5.32 Å². The standard InChI is InChI=1S/C12H9F2NO2S/c13-12(14)17-10-3-1-8(2-4-10)11(16)15-9-5-6-18-7-9/h1-7,12H,(H,15,16). The second-order valence-corrected chi connectivity index (χ2v) is 4.15. The van der Waals surface area contributed by atoms with Crippen molar-refractivity contribution in [3.8, 4) is 5.75 Å². The molecule has 0 aliphatic carbocycles. The number of rotatable bonds is 4. The van der Waals surface area contributed by atoms with Gasteiger partial charge in [0.1, 0.15) is 5.75 Å². The molecule has 1 aromatic heterocycles. The molecule has 0 atom stereocenters. The number of hydrogen-bond acceptors (Lipinski definition) is 3. The Balaban J connectivity index is 2.03. The zero-order valence-electron chi connectivity index (χ0n) is 9.10. The molecule has 18 heavy (non-hydrogen) atoms. The molecule has 2 rings (SSSR count). The first-order valence-electron chi connectivity index (χ1n) is 5.03. The first kappa shape index (κ1) is 12.5. The van der Waals surface area contributed by atoms with Gasteiger partial charge in [0.05, 0.1) is 5.69 Å². The Bertz CT molecular complexity index is 511. The van der Waals surface area contributed by atoms with E-state index < -0.39 is 6.61 Å². The lowest BCUT2D eigenvalue weighted by molar-refractivity contribution is -0.0498. The summed E-state index contributed by atoms with van der Waals surface area (Å²) in [5.74, 6) is -0.269. The third-order valence-corrected chi connectivity index (χ3v) is 2.80. The second kappa shape index (κ2) is 5.59. The van der Waals surface area contributed by atoms with Gasteiger partial charge >= 0.3 is 6.61 Å². The van der Waals surface area contributed by atoms with Crippen molar-refractivity contribution in [2.45, 2.75) is 6.61 Å². The molecular formula is C12H9F2NO2S. The molecule has 0 radical (unpaired) electrons. The van der Waals surface area contributed by atoms with Crippen molar-refractivity contribution in [3.63, 3.8) is 0 Å². The summed E-state index contributed by atoms with van der Waals surface area (Å²) in [6.45, 7) is -2.87. The van der Waals surface area contributed by atoms with Crippen molar-refractivity contribution < 1.29 is 18.3 Å². The summed E-state index contributed by atoms with van der Waals surface area (Å²) >= 11 is 1.47. The lowest BCUT2D eigenvalue weighted by Crippen LogP contribution is -2.11. The van der Waals surface area contributed by atoms with Crippen LogP contribution in [0.15, 0.2) is 41.1 Å². The highest BCUT2D eigenvalue weighted by atomic mass is 32.1. The predicted octanol–water partition coefficient (Wildman–Crippen LogP) is 3.60. The van der Waals surface area contributed by atoms with Gasteiger partial charge in [-0.2, -0.15) is 20.1 Å². The van der Waals surface area contributed by atoms with E-state index >= 15 is 0 Å². The largest absolute Gasteiger partial charge is 0.435 e. The summed E-state index contributed by atoms with van der Waals surface area (Å²) in [5.41, 5.74) is 1.08. The van der Waals surface area contributed by atoms with E-state index in [2.05, 4.69) is 10.1 Å². The summed E-state index contributed by atoms with van der Waals surface area (Å²) in [4.78, 5) is 11.8. The average molecular weight is 269 g/mol. The minimum Gasteiger partial charge on any atom is -0.435 e. The van der Waals surface area contributed by atoms with Gasteiger partial charge in [-0.05, 0) is 35.7 Å². The average Bonchev–Trinajstić information content (AvgIpc) is 2.82. The summed E-state index contributed by atoms with van der Waals surface area (Å²) in [7, 11) is 0. The Hall–Kier alpha value is -1.95. The number of ether oxygens (including phenoxy) is 1. The molecule has 0 spiro atoms. The van der Waals surface area contributed by atoms with Gasteiger partial charge in [-0.15, -0.1) is 0 Å². The van der Waals surface area contributed by atoms with Crippen molar-refractivity contribution in [1.29, 1.82) is 0 Å². The molecule has 2 aromatic rings. The summed E-state index contributed by atoms with van der Waals surface area (Å²) < 4.78 is 28.1. The lowest BCUT2D eigenvalue weighted by atomic mass is 10.2. The van der Waals surface area contributed by atoms with Gasteiger partial charge in [-0.3, -0.25) is 4.79 Å². The minimum atomic E-state index is -2.87. The smallest absolute Gasteiger partial charge is 0.387 e.